The first-order chi connectivity index (χ1) is 17.4. The van der Waals surface area contributed by atoms with Crippen molar-refractivity contribution in [2.45, 2.75) is 26.2 Å². The fourth-order valence-electron chi connectivity index (χ4n) is 3.97. The van der Waals surface area contributed by atoms with Gasteiger partial charge in [0.15, 0.2) is 5.82 Å². The molecule has 0 unspecified atom stereocenters. The van der Waals surface area contributed by atoms with Crippen molar-refractivity contribution in [2.75, 3.05) is 36.5 Å². The molecule has 0 atom stereocenters. The molecule has 1 saturated heterocycles. The third kappa shape index (κ3) is 5.19. The molecule has 5 rings (SSSR count). The molecule has 2 aromatic carbocycles. The summed E-state index contributed by atoms with van der Waals surface area (Å²) in [6.07, 6.45) is 3.45. The molecular weight excluding hydrogens is 452 g/mol. The van der Waals surface area contributed by atoms with Crippen LogP contribution < -0.4 is 10.2 Å². The lowest BCUT2D eigenvalue weighted by Gasteiger charge is -2.29. The van der Waals surface area contributed by atoms with Crippen LogP contribution in [0.1, 0.15) is 32.2 Å². The maximum atomic E-state index is 9.58. The maximum absolute atomic E-state index is 9.58. The van der Waals surface area contributed by atoms with Crippen LogP contribution in [-0.4, -0.2) is 51.0 Å². The summed E-state index contributed by atoms with van der Waals surface area (Å²) in [7, 11) is 0. The van der Waals surface area contributed by atoms with Gasteiger partial charge in [0.1, 0.15) is 6.33 Å². The summed E-state index contributed by atoms with van der Waals surface area (Å²) in [5, 5.41) is 17.4. The Morgan fingerprint density at radius 1 is 0.972 bits per heavy atom. The molecule has 1 aliphatic rings. The fraction of sp³-hybridized carbons (Fsp3) is 0.296. The van der Waals surface area contributed by atoms with Crippen LogP contribution in [0.4, 0.5) is 17.3 Å². The number of nitrogens with one attached hydrogen (secondary N) is 1. The Morgan fingerprint density at radius 2 is 1.75 bits per heavy atom. The molecule has 1 fully saturated rings. The Labute approximate surface area is 210 Å². The van der Waals surface area contributed by atoms with E-state index in [0.29, 0.717) is 24.7 Å². The van der Waals surface area contributed by atoms with Crippen LogP contribution in [0.25, 0.3) is 16.9 Å². The highest BCUT2D eigenvalue weighted by atomic mass is 16.5. The number of hydrogen-bond acceptors (Lipinski definition) is 8. The van der Waals surface area contributed by atoms with Crippen molar-refractivity contribution < 1.29 is 4.74 Å². The zero-order valence-corrected chi connectivity index (χ0v) is 20.6. The van der Waals surface area contributed by atoms with Gasteiger partial charge in [0.2, 0.25) is 5.95 Å². The van der Waals surface area contributed by atoms with E-state index in [-0.39, 0.29) is 5.41 Å². The number of anilines is 3. The van der Waals surface area contributed by atoms with Crippen LogP contribution in [0.3, 0.4) is 0 Å². The van der Waals surface area contributed by atoms with Gasteiger partial charge in [-0.1, -0.05) is 20.8 Å². The Morgan fingerprint density at radius 3 is 2.44 bits per heavy atom. The second kappa shape index (κ2) is 9.76. The molecule has 0 radical (unpaired) electrons. The number of nitriles is 1. The molecule has 9 heteroatoms. The van der Waals surface area contributed by atoms with Crippen molar-refractivity contribution in [3.05, 3.63) is 72.4 Å². The third-order valence-corrected chi connectivity index (χ3v) is 5.93. The number of aromatic nitrogens is 5. The highest BCUT2D eigenvalue weighted by Crippen LogP contribution is 2.27. The summed E-state index contributed by atoms with van der Waals surface area (Å²) in [6, 6.07) is 17.8. The van der Waals surface area contributed by atoms with Crippen molar-refractivity contribution in [3.8, 4) is 23.0 Å². The molecule has 0 aliphatic carbocycles. The fourth-order valence-corrected chi connectivity index (χ4v) is 3.97. The van der Waals surface area contributed by atoms with E-state index in [1.807, 2.05) is 42.5 Å². The average Bonchev–Trinajstić information content (AvgIpc) is 3.41. The Hall–Kier alpha value is -4.29. The first kappa shape index (κ1) is 23.5. The van der Waals surface area contributed by atoms with E-state index in [4.69, 9.17) is 9.72 Å². The van der Waals surface area contributed by atoms with Crippen LogP contribution in [-0.2, 0) is 10.2 Å². The van der Waals surface area contributed by atoms with E-state index < -0.39 is 0 Å². The van der Waals surface area contributed by atoms with E-state index in [0.717, 1.165) is 47.2 Å². The van der Waals surface area contributed by atoms with Crippen LogP contribution in [0.5, 0.6) is 0 Å². The Bertz CT molecular complexity index is 1390. The molecule has 36 heavy (non-hydrogen) atoms. The third-order valence-electron chi connectivity index (χ3n) is 5.93. The van der Waals surface area contributed by atoms with Crippen molar-refractivity contribution in [1.29, 1.82) is 5.26 Å². The van der Waals surface area contributed by atoms with Gasteiger partial charge in [0.05, 0.1) is 36.2 Å². The summed E-state index contributed by atoms with van der Waals surface area (Å²) in [6.45, 7) is 9.23. The topological polar surface area (TPSA) is 105 Å². The van der Waals surface area contributed by atoms with Crippen LogP contribution in [0.15, 0.2) is 61.1 Å². The molecule has 4 aromatic rings. The molecule has 0 spiro atoms. The number of rotatable bonds is 5. The van der Waals surface area contributed by atoms with Gasteiger partial charge >= 0.3 is 0 Å². The normalized spacial score (nSPS) is 13.9. The molecule has 182 valence electrons. The number of ether oxygens (including phenoxy) is 1. The quantitative estimate of drug-likeness (QED) is 0.446. The van der Waals surface area contributed by atoms with E-state index in [9.17, 15) is 5.26 Å². The highest BCUT2D eigenvalue weighted by molar-refractivity contribution is 5.70. The predicted molar refractivity (Wildman–Crippen MR) is 139 cm³/mol. The second-order valence-corrected chi connectivity index (χ2v) is 9.68. The van der Waals surface area contributed by atoms with Gasteiger partial charge in [-0.15, -0.1) is 0 Å². The summed E-state index contributed by atoms with van der Waals surface area (Å²) in [5.74, 6) is 1.28. The summed E-state index contributed by atoms with van der Waals surface area (Å²) < 4.78 is 7.24. The molecule has 3 heterocycles. The minimum Gasteiger partial charge on any atom is -0.378 e. The van der Waals surface area contributed by atoms with Crippen molar-refractivity contribution >= 4 is 17.3 Å². The SMILES string of the molecule is CC(C)(C)c1ncn(-c2ccc(Nc3nccc(-c4cc(C#N)cc(N5CCOCC5)c4)n3)cc2)n1. The molecule has 1 N–H and O–H groups in total. The van der Waals surface area contributed by atoms with Crippen LogP contribution >= 0.6 is 0 Å². The van der Waals surface area contributed by atoms with Gasteiger partial charge in [-0.25, -0.2) is 19.6 Å². The Kier molecular flexibility index (Phi) is 6.36. The zero-order valence-electron chi connectivity index (χ0n) is 20.6. The van der Waals surface area contributed by atoms with Crippen LogP contribution in [0, 0.1) is 11.3 Å². The Balaban J connectivity index is 1.35. The standard InChI is InChI=1S/C27H28N8O/c1-27(2,3)25-30-18-35(33-25)22-6-4-21(5-7-22)31-26-29-9-8-24(32-26)20-14-19(17-28)15-23(16-20)34-10-12-36-13-11-34/h4-9,14-16,18H,10-13H2,1-3H3,(H,29,31,32). The molecule has 0 saturated carbocycles. The molecule has 0 bridgehead atoms. The lowest BCUT2D eigenvalue weighted by atomic mass is 9.96. The van der Waals surface area contributed by atoms with Gasteiger partial charge in [-0.2, -0.15) is 10.4 Å². The van der Waals surface area contributed by atoms with Crippen molar-refractivity contribution in [2.24, 2.45) is 0 Å². The lowest BCUT2D eigenvalue weighted by Crippen LogP contribution is -2.36. The van der Waals surface area contributed by atoms with E-state index in [2.05, 4.69) is 58.2 Å². The minimum absolute atomic E-state index is 0.106. The molecule has 9 nitrogen and oxygen atoms in total. The predicted octanol–water partition coefficient (Wildman–Crippen LogP) is 4.47. The maximum Gasteiger partial charge on any atom is 0.227 e. The highest BCUT2D eigenvalue weighted by Gasteiger charge is 2.19. The number of benzene rings is 2. The smallest absolute Gasteiger partial charge is 0.227 e. The minimum atomic E-state index is -0.106. The van der Waals surface area contributed by atoms with E-state index >= 15 is 0 Å². The largest absolute Gasteiger partial charge is 0.378 e. The monoisotopic (exact) mass is 480 g/mol. The zero-order chi connectivity index (χ0) is 25.1. The van der Waals surface area contributed by atoms with Crippen LogP contribution in [0.2, 0.25) is 0 Å². The van der Waals surface area contributed by atoms with Gasteiger partial charge in [-0.3, -0.25) is 0 Å². The molecule has 0 amide bonds. The van der Waals surface area contributed by atoms with Gasteiger partial charge in [0.25, 0.3) is 0 Å². The summed E-state index contributed by atoms with van der Waals surface area (Å²) in [5.41, 5.74) is 4.88. The summed E-state index contributed by atoms with van der Waals surface area (Å²) in [4.78, 5) is 15.8. The molecule has 2 aromatic heterocycles. The number of nitrogens with zero attached hydrogens (tertiary/aromatic N) is 7. The first-order valence-corrected chi connectivity index (χ1v) is 11.9. The molecular formula is C27H28N8O. The molecule has 1 aliphatic heterocycles. The summed E-state index contributed by atoms with van der Waals surface area (Å²) >= 11 is 0. The lowest BCUT2D eigenvalue weighted by molar-refractivity contribution is 0.122. The van der Waals surface area contributed by atoms with E-state index in [1.54, 1.807) is 17.2 Å². The van der Waals surface area contributed by atoms with Crippen molar-refractivity contribution in [1.82, 2.24) is 24.7 Å². The van der Waals surface area contributed by atoms with Crippen molar-refractivity contribution in [3.63, 3.8) is 0 Å². The second-order valence-electron chi connectivity index (χ2n) is 9.68. The van der Waals surface area contributed by atoms with Gasteiger partial charge in [0, 0.05) is 41.6 Å². The van der Waals surface area contributed by atoms with Gasteiger partial charge in [-0.05, 0) is 48.5 Å². The first-order valence-electron chi connectivity index (χ1n) is 11.9. The average molecular weight is 481 g/mol. The van der Waals surface area contributed by atoms with E-state index in [1.165, 1.54) is 0 Å². The number of morpholine rings is 1. The number of hydrogen-bond donors (Lipinski definition) is 1. The van der Waals surface area contributed by atoms with Gasteiger partial charge < -0.3 is 15.0 Å².